The summed E-state index contributed by atoms with van der Waals surface area (Å²) in [5.41, 5.74) is 6.87. The van der Waals surface area contributed by atoms with E-state index in [1.807, 2.05) is 13.8 Å². The first-order valence-electron chi connectivity index (χ1n) is 5.59. The van der Waals surface area contributed by atoms with Crippen LogP contribution < -0.4 is 10.5 Å². The molecule has 94 valence electrons. The average molecular weight is 256 g/mol. The predicted molar refractivity (Wildman–Crippen MR) is 69.9 cm³/mol. The summed E-state index contributed by atoms with van der Waals surface area (Å²) in [5.74, 6) is 0.507. The van der Waals surface area contributed by atoms with E-state index in [0.717, 1.165) is 5.56 Å². The number of ether oxygens (including phenoxy) is 1. The van der Waals surface area contributed by atoms with Gasteiger partial charge in [-0.05, 0) is 37.6 Å². The van der Waals surface area contributed by atoms with Crippen molar-refractivity contribution in [2.75, 3.05) is 13.7 Å². The molecule has 1 rings (SSSR count). The highest BCUT2D eigenvalue weighted by atomic mass is 35.5. The summed E-state index contributed by atoms with van der Waals surface area (Å²) >= 11 is 5.97. The zero-order valence-corrected chi connectivity index (χ0v) is 11.2. The monoisotopic (exact) mass is 255 g/mol. The molecule has 2 N–H and O–H groups in total. The van der Waals surface area contributed by atoms with Crippen molar-refractivity contribution >= 4 is 17.4 Å². The third kappa shape index (κ3) is 3.20. The topological polar surface area (TPSA) is 52.3 Å². The molecule has 1 atom stereocenters. The van der Waals surface area contributed by atoms with Gasteiger partial charge in [-0.2, -0.15) is 0 Å². The molecule has 0 aliphatic heterocycles. The van der Waals surface area contributed by atoms with Crippen LogP contribution in [0.15, 0.2) is 12.1 Å². The van der Waals surface area contributed by atoms with Crippen LogP contribution in [0.25, 0.3) is 0 Å². The van der Waals surface area contributed by atoms with E-state index in [-0.39, 0.29) is 11.7 Å². The van der Waals surface area contributed by atoms with Crippen LogP contribution in [0, 0.1) is 12.8 Å². The summed E-state index contributed by atoms with van der Waals surface area (Å²) < 4.78 is 5.27. The van der Waals surface area contributed by atoms with Gasteiger partial charge in [0.2, 0.25) is 0 Å². The van der Waals surface area contributed by atoms with Crippen LogP contribution in [0.1, 0.15) is 29.3 Å². The van der Waals surface area contributed by atoms with E-state index in [4.69, 9.17) is 22.1 Å². The van der Waals surface area contributed by atoms with Gasteiger partial charge < -0.3 is 10.5 Å². The second-order valence-corrected chi connectivity index (χ2v) is 4.58. The number of carbonyl (C=O) groups is 1. The average Bonchev–Trinajstić information content (AvgIpc) is 2.27. The molecule has 0 fully saturated rings. The van der Waals surface area contributed by atoms with Gasteiger partial charge in [-0.15, -0.1) is 0 Å². The maximum atomic E-state index is 12.2. The Morgan fingerprint density at radius 2 is 2.18 bits per heavy atom. The third-order valence-corrected chi connectivity index (χ3v) is 2.97. The molecule has 0 saturated carbocycles. The van der Waals surface area contributed by atoms with Crippen molar-refractivity contribution in [3.05, 3.63) is 28.3 Å². The molecular formula is C13H18ClNO2. The molecule has 0 aromatic heterocycles. The number of halogens is 1. The zero-order chi connectivity index (χ0) is 13.0. The van der Waals surface area contributed by atoms with Crippen molar-refractivity contribution in [2.24, 2.45) is 11.7 Å². The minimum Gasteiger partial charge on any atom is -0.496 e. The van der Waals surface area contributed by atoms with Gasteiger partial charge in [-0.3, -0.25) is 4.79 Å². The van der Waals surface area contributed by atoms with Crippen LogP contribution in [0.2, 0.25) is 5.02 Å². The molecule has 0 spiro atoms. The number of Topliss-reactive ketones (excluding diaryl/α,β-unsaturated/α-hetero) is 1. The number of benzene rings is 1. The van der Waals surface area contributed by atoms with E-state index in [1.165, 1.54) is 0 Å². The first kappa shape index (κ1) is 14.0. The summed E-state index contributed by atoms with van der Waals surface area (Å²) in [6.45, 7) is 4.23. The molecule has 0 saturated heterocycles. The Kier molecular flexibility index (Phi) is 4.97. The van der Waals surface area contributed by atoms with Crippen molar-refractivity contribution < 1.29 is 9.53 Å². The van der Waals surface area contributed by atoms with Gasteiger partial charge in [0.1, 0.15) is 5.75 Å². The standard InChI is InChI=1S/C13H18ClNO2/c1-8(4-5-15)12(16)11-7-10(14)6-9(2)13(11)17-3/h6-8H,4-5,15H2,1-3H3. The normalized spacial score (nSPS) is 12.3. The predicted octanol–water partition coefficient (Wildman–Crippen LogP) is 2.82. The lowest BCUT2D eigenvalue weighted by molar-refractivity contribution is 0.0922. The number of hydrogen-bond acceptors (Lipinski definition) is 3. The van der Waals surface area contributed by atoms with Crippen LogP contribution in [0.3, 0.4) is 0 Å². The van der Waals surface area contributed by atoms with Gasteiger partial charge in [0.25, 0.3) is 0 Å². The lowest BCUT2D eigenvalue weighted by Gasteiger charge is -2.14. The van der Waals surface area contributed by atoms with Crippen LogP contribution in [-0.2, 0) is 0 Å². The summed E-state index contributed by atoms with van der Waals surface area (Å²) in [6, 6.07) is 3.44. The molecule has 0 aliphatic rings. The van der Waals surface area contributed by atoms with Gasteiger partial charge in [-0.25, -0.2) is 0 Å². The second-order valence-electron chi connectivity index (χ2n) is 4.15. The van der Waals surface area contributed by atoms with Crippen LogP contribution >= 0.6 is 11.6 Å². The molecule has 4 heteroatoms. The lowest BCUT2D eigenvalue weighted by Crippen LogP contribution is -2.16. The molecule has 0 amide bonds. The van der Waals surface area contributed by atoms with Gasteiger partial charge in [0.05, 0.1) is 12.7 Å². The van der Waals surface area contributed by atoms with E-state index in [0.29, 0.717) is 29.3 Å². The molecule has 0 radical (unpaired) electrons. The number of nitrogens with two attached hydrogens (primary N) is 1. The van der Waals surface area contributed by atoms with Crippen molar-refractivity contribution in [1.82, 2.24) is 0 Å². The number of carbonyl (C=O) groups excluding carboxylic acids is 1. The Morgan fingerprint density at radius 3 is 2.71 bits per heavy atom. The number of ketones is 1. The molecule has 3 nitrogen and oxygen atoms in total. The van der Waals surface area contributed by atoms with Crippen molar-refractivity contribution in [2.45, 2.75) is 20.3 Å². The number of aryl methyl sites for hydroxylation is 1. The fourth-order valence-electron chi connectivity index (χ4n) is 1.83. The molecule has 1 aromatic rings. The summed E-state index contributed by atoms with van der Waals surface area (Å²) in [7, 11) is 1.56. The Bertz CT molecular complexity index is 418. The quantitative estimate of drug-likeness (QED) is 0.823. The van der Waals surface area contributed by atoms with E-state index in [2.05, 4.69) is 0 Å². The number of methoxy groups -OCH3 is 1. The molecule has 1 unspecified atom stereocenters. The molecule has 0 aliphatic carbocycles. The van der Waals surface area contributed by atoms with E-state index >= 15 is 0 Å². The van der Waals surface area contributed by atoms with Crippen molar-refractivity contribution in [3.63, 3.8) is 0 Å². The SMILES string of the molecule is COc1c(C)cc(Cl)cc1C(=O)C(C)CCN. The Morgan fingerprint density at radius 1 is 1.53 bits per heavy atom. The summed E-state index contributed by atoms with van der Waals surface area (Å²) in [4.78, 5) is 12.2. The first-order chi connectivity index (χ1) is 8.01. The first-order valence-corrected chi connectivity index (χ1v) is 5.97. The third-order valence-electron chi connectivity index (χ3n) is 2.76. The van der Waals surface area contributed by atoms with E-state index in [1.54, 1.807) is 19.2 Å². The number of rotatable bonds is 5. The smallest absolute Gasteiger partial charge is 0.169 e. The molecule has 0 heterocycles. The van der Waals surface area contributed by atoms with Crippen molar-refractivity contribution in [3.8, 4) is 5.75 Å². The summed E-state index contributed by atoms with van der Waals surface area (Å²) in [5, 5.41) is 0.548. The van der Waals surface area contributed by atoms with Gasteiger partial charge in [0, 0.05) is 10.9 Å². The minimum absolute atomic E-state index is 0.0258. The number of hydrogen-bond donors (Lipinski definition) is 1. The Labute approximate surface area is 107 Å². The van der Waals surface area contributed by atoms with Crippen LogP contribution in [0.5, 0.6) is 5.75 Å². The highest BCUT2D eigenvalue weighted by molar-refractivity contribution is 6.31. The van der Waals surface area contributed by atoms with E-state index < -0.39 is 0 Å². The maximum absolute atomic E-state index is 12.2. The van der Waals surface area contributed by atoms with Gasteiger partial charge in [0.15, 0.2) is 5.78 Å². The lowest BCUT2D eigenvalue weighted by atomic mass is 9.94. The Balaban J connectivity index is 3.16. The second kappa shape index (κ2) is 6.03. The summed E-state index contributed by atoms with van der Waals surface area (Å²) in [6.07, 6.45) is 0.660. The van der Waals surface area contributed by atoms with Gasteiger partial charge >= 0.3 is 0 Å². The largest absolute Gasteiger partial charge is 0.496 e. The van der Waals surface area contributed by atoms with Gasteiger partial charge in [-0.1, -0.05) is 18.5 Å². The maximum Gasteiger partial charge on any atom is 0.169 e. The van der Waals surface area contributed by atoms with E-state index in [9.17, 15) is 4.79 Å². The zero-order valence-electron chi connectivity index (χ0n) is 10.4. The molecule has 1 aromatic carbocycles. The highest BCUT2D eigenvalue weighted by Gasteiger charge is 2.20. The van der Waals surface area contributed by atoms with Crippen LogP contribution in [0.4, 0.5) is 0 Å². The van der Waals surface area contributed by atoms with Crippen LogP contribution in [-0.4, -0.2) is 19.4 Å². The van der Waals surface area contributed by atoms with Crippen molar-refractivity contribution in [1.29, 1.82) is 0 Å². The Hall–Kier alpha value is -1.06. The fourth-order valence-corrected chi connectivity index (χ4v) is 2.10. The molecule has 0 bridgehead atoms. The minimum atomic E-state index is -0.119. The molecule has 17 heavy (non-hydrogen) atoms. The molecular weight excluding hydrogens is 238 g/mol. The highest BCUT2D eigenvalue weighted by Crippen LogP contribution is 2.29. The fraction of sp³-hybridized carbons (Fsp3) is 0.462.